The summed E-state index contributed by atoms with van der Waals surface area (Å²) >= 11 is 0. The molecule has 0 aromatic rings. The predicted octanol–water partition coefficient (Wildman–Crippen LogP) is 2.12. The monoisotopic (exact) mass is 180 g/mol. The van der Waals surface area contributed by atoms with Crippen molar-refractivity contribution in [1.82, 2.24) is 0 Å². The summed E-state index contributed by atoms with van der Waals surface area (Å²) in [7, 11) is -3.88. The lowest BCUT2D eigenvalue weighted by Crippen LogP contribution is -1.99. The Labute approximate surface area is 65.7 Å². The molecule has 5 heteroatoms. The molecule has 0 aromatic carbocycles. The largest absolute Gasteiger partial charge is 0.474 e. The molecule has 0 aromatic heterocycles. The maximum absolute atomic E-state index is 10.7. The van der Waals surface area contributed by atoms with Gasteiger partial charge in [-0.15, -0.1) is 0 Å². The molecule has 0 spiro atoms. The average Bonchev–Trinajstić information content (AvgIpc) is 1.88. The Morgan fingerprint density at radius 3 is 2.36 bits per heavy atom. The number of rotatable bonds is 5. The van der Waals surface area contributed by atoms with Gasteiger partial charge in [-0.25, -0.2) is 4.79 Å². The van der Waals surface area contributed by atoms with Gasteiger partial charge in [0.15, 0.2) is 0 Å². The van der Waals surface area contributed by atoms with Gasteiger partial charge in [-0.2, -0.15) is 0 Å². The van der Waals surface area contributed by atoms with Gasteiger partial charge in [-0.05, 0) is 6.42 Å². The topological polar surface area (TPSA) is 74.6 Å². The molecule has 11 heavy (non-hydrogen) atoms. The van der Waals surface area contributed by atoms with Crippen LogP contribution in [0, 0.1) is 0 Å². The fraction of sp³-hybridized carbons (Fsp3) is 0.833. The molecule has 0 aliphatic carbocycles. The molecular formula is C6H13O4P. The standard InChI is InChI=1S/C6H13O4P/c1-2-3-4-5-11(9,10)6(7)8/h2-5H2,1H3,(H,7,8)(H,9,10). The molecule has 0 saturated carbocycles. The summed E-state index contributed by atoms with van der Waals surface area (Å²) in [5, 5.41) is 8.23. The molecule has 0 rings (SSSR count). The lowest BCUT2D eigenvalue weighted by Gasteiger charge is -2.03. The smallest absolute Gasteiger partial charge is 0.388 e. The van der Waals surface area contributed by atoms with Crippen LogP contribution < -0.4 is 0 Å². The molecule has 1 unspecified atom stereocenters. The summed E-state index contributed by atoms with van der Waals surface area (Å²) in [6, 6.07) is 0. The second-order valence-electron chi connectivity index (χ2n) is 2.41. The van der Waals surface area contributed by atoms with Crippen LogP contribution in [0.5, 0.6) is 0 Å². The number of carboxylic acid groups (broad SMARTS) is 1. The van der Waals surface area contributed by atoms with Gasteiger partial charge < -0.3 is 10.00 Å². The highest BCUT2D eigenvalue weighted by molar-refractivity contribution is 7.74. The van der Waals surface area contributed by atoms with E-state index >= 15 is 0 Å². The maximum Gasteiger partial charge on any atom is 0.388 e. The number of hydrogen-bond donors (Lipinski definition) is 2. The number of hydrogen-bond acceptors (Lipinski definition) is 2. The van der Waals surface area contributed by atoms with E-state index in [0.717, 1.165) is 12.8 Å². The summed E-state index contributed by atoms with van der Waals surface area (Å²) in [6.45, 7) is 1.95. The van der Waals surface area contributed by atoms with Gasteiger partial charge in [0.1, 0.15) is 0 Å². The second kappa shape index (κ2) is 4.52. The molecule has 0 aliphatic rings. The third-order valence-corrected chi connectivity index (χ3v) is 2.88. The second-order valence-corrected chi connectivity index (χ2v) is 4.65. The zero-order chi connectivity index (χ0) is 8.91. The first kappa shape index (κ1) is 10.7. The van der Waals surface area contributed by atoms with Crippen LogP contribution in [0.15, 0.2) is 0 Å². The van der Waals surface area contributed by atoms with E-state index in [-0.39, 0.29) is 6.16 Å². The van der Waals surface area contributed by atoms with Gasteiger partial charge >= 0.3 is 13.1 Å². The minimum atomic E-state index is -3.88. The first-order chi connectivity index (χ1) is 5.00. The summed E-state index contributed by atoms with van der Waals surface area (Å²) in [6.07, 6.45) is 2.13. The molecule has 0 amide bonds. The van der Waals surface area contributed by atoms with Gasteiger partial charge in [0.2, 0.25) is 0 Å². The highest BCUT2D eigenvalue weighted by Gasteiger charge is 2.26. The van der Waals surface area contributed by atoms with Crippen molar-refractivity contribution in [2.24, 2.45) is 0 Å². The lowest BCUT2D eigenvalue weighted by atomic mass is 10.3. The predicted molar refractivity (Wildman–Crippen MR) is 42.2 cm³/mol. The van der Waals surface area contributed by atoms with Crippen LogP contribution in [0.1, 0.15) is 26.2 Å². The minimum Gasteiger partial charge on any atom is -0.474 e. The first-order valence-electron chi connectivity index (χ1n) is 3.56. The molecule has 0 fully saturated rings. The summed E-state index contributed by atoms with van der Waals surface area (Å²) in [5.41, 5.74) is -1.58. The highest BCUT2D eigenvalue weighted by Crippen LogP contribution is 2.41. The van der Waals surface area contributed by atoms with E-state index in [4.69, 9.17) is 10.00 Å². The Kier molecular flexibility index (Phi) is 4.38. The van der Waals surface area contributed by atoms with Gasteiger partial charge in [0, 0.05) is 6.16 Å². The molecule has 0 saturated heterocycles. The number of carbonyl (C=O) groups is 1. The summed E-state index contributed by atoms with van der Waals surface area (Å²) in [5.74, 6) is 0. The zero-order valence-electron chi connectivity index (χ0n) is 6.49. The van der Waals surface area contributed by atoms with E-state index in [1.165, 1.54) is 0 Å². The molecular weight excluding hydrogens is 167 g/mol. The molecule has 4 nitrogen and oxygen atoms in total. The van der Waals surface area contributed by atoms with Gasteiger partial charge in [0.05, 0.1) is 0 Å². The van der Waals surface area contributed by atoms with Crippen molar-refractivity contribution in [2.75, 3.05) is 6.16 Å². The highest BCUT2D eigenvalue weighted by atomic mass is 31.2. The van der Waals surface area contributed by atoms with E-state index < -0.39 is 13.1 Å². The van der Waals surface area contributed by atoms with Gasteiger partial charge in [-0.1, -0.05) is 19.8 Å². The van der Waals surface area contributed by atoms with Crippen LogP contribution in [0.2, 0.25) is 0 Å². The van der Waals surface area contributed by atoms with Crippen molar-refractivity contribution < 1.29 is 19.4 Å². The summed E-state index contributed by atoms with van der Waals surface area (Å²) in [4.78, 5) is 18.9. The molecule has 0 radical (unpaired) electrons. The van der Waals surface area contributed by atoms with Gasteiger partial charge in [0.25, 0.3) is 0 Å². The molecule has 0 aliphatic heterocycles. The normalized spacial score (nSPS) is 15.8. The quantitative estimate of drug-likeness (QED) is 0.502. The van der Waals surface area contributed by atoms with E-state index in [0.29, 0.717) is 6.42 Å². The molecule has 0 heterocycles. The number of unbranched alkanes of at least 4 members (excludes halogenated alkanes) is 2. The minimum absolute atomic E-state index is 0.101. The SMILES string of the molecule is CCCCCP(=O)(O)C(=O)O. The van der Waals surface area contributed by atoms with Crippen molar-refractivity contribution in [3.05, 3.63) is 0 Å². The molecule has 66 valence electrons. The maximum atomic E-state index is 10.7. The first-order valence-corrected chi connectivity index (χ1v) is 5.40. The Bertz CT molecular complexity index is 177. The van der Waals surface area contributed by atoms with Crippen LogP contribution in [-0.4, -0.2) is 21.9 Å². The lowest BCUT2D eigenvalue weighted by molar-refractivity contribution is 0.215. The molecule has 2 N–H and O–H groups in total. The van der Waals surface area contributed by atoms with E-state index in [9.17, 15) is 9.36 Å². The van der Waals surface area contributed by atoms with Crippen LogP contribution in [0.3, 0.4) is 0 Å². The fourth-order valence-electron chi connectivity index (χ4n) is 0.672. The Hall–Kier alpha value is -0.340. The Morgan fingerprint density at radius 2 is 2.00 bits per heavy atom. The van der Waals surface area contributed by atoms with Crippen molar-refractivity contribution in [2.45, 2.75) is 26.2 Å². The van der Waals surface area contributed by atoms with Crippen LogP contribution in [0.4, 0.5) is 4.79 Å². The van der Waals surface area contributed by atoms with Crippen LogP contribution >= 0.6 is 7.37 Å². The van der Waals surface area contributed by atoms with Crippen molar-refractivity contribution in [1.29, 1.82) is 0 Å². The molecule has 1 atom stereocenters. The Morgan fingerprint density at radius 1 is 1.45 bits per heavy atom. The molecule has 0 bridgehead atoms. The Balaban J connectivity index is 3.74. The van der Waals surface area contributed by atoms with E-state index in [1.807, 2.05) is 6.92 Å². The third-order valence-electron chi connectivity index (χ3n) is 1.36. The van der Waals surface area contributed by atoms with E-state index in [1.54, 1.807) is 0 Å². The van der Waals surface area contributed by atoms with E-state index in [2.05, 4.69) is 0 Å². The summed E-state index contributed by atoms with van der Waals surface area (Å²) < 4.78 is 10.7. The van der Waals surface area contributed by atoms with Crippen LogP contribution in [0.25, 0.3) is 0 Å². The van der Waals surface area contributed by atoms with Gasteiger partial charge in [-0.3, -0.25) is 4.57 Å². The van der Waals surface area contributed by atoms with Crippen molar-refractivity contribution in [3.63, 3.8) is 0 Å². The van der Waals surface area contributed by atoms with Crippen molar-refractivity contribution in [3.8, 4) is 0 Å². The average molecular weight is 180 g/mol. The van der Waals surface area contributed by atoms with Crippen molar-refractivity contribution >= 4 is 13.1 Å². The third kappa shape index (κ3) is 4.17. The fourth-order valence-corrected chi connectivity index (χ4v) is 1.52. The zero-order valence-corrected chi connectivity index (χ0v) is 7.38. The van der Waals surface area contributed by atoms with Crippen LogP contribution in [-0.2, 0) is 4.57 Å².